The number of fused-ring (bicyclic) bond motifs is 1. The van der Waals surface area contributed by atoms with Gasteiger partial charge < -0.3 is 9.64 Å². The monoisotopic (exact) mass is 461 g/mol. The highest BCUT2D eigenvalue weighted by Gasteiger charge is 2.35. The molecule has 1 aromatic carbocycles. The summed E-state index contributed by atoms with van der Waals surface area (Å²) in [4.78, 5) is 14.9. The van der Waals surface area contributed by atoms with Gasteiger partial charge in [0.15, 0.2) is 0 Å². The number of carbonyl (C=O) groups excluding carboxylic acids is 1. The zero-order valence-corrected chi connectivity index (χ0v) is 19.9. The summed E-state index contributed by atoms with van der Waals surface area (Å²) in [5.41, 5.74) is 2.09. The first-order chi connectivity index (χ1) is 15.0. The molecule has 10 heteroatoms. The van der Waals surface area contributed by atoms with Gasteiger partial charge in [0.25, 0.3) is 0 Å². The molecular formula is C22H31N5O4S. The van der Waals surface area contributed by atoms with E-state index in [2.05, 4.69) is 28.6 Å². The second-order valence-corrected chi connectivity index (χ2v) is 11.0. The Balaban J connectivity index is 1.54. The molecule has 2 aliphatic rings. The van der Waals surface area contributed by atoms with Gasteiger partial charge in [-0.05, 0) is 38.1 Å². The van der Waals surface area contributed by atoms with Crippen LogP contribution in [-0.4, -0.2) is 61.8 Å². The number of aryl methyl sites for hydroxylation is 1. The van der Waals surface area contributed by atoms with Crippen molar-refractivity contribution in [3.63, 3.8) is 0 Å². The van der Waals surface area contributed by atoms with Crippen molar-refractivity contribution in [2.75, 3.05) is 31.0 Å². The van der Waals surface area contributed by atoms with Crippen LogP contribution in [0.1, 0.15) is 37.8 Å². The lowest BCUT2D eigenvalue weighted by atomic mass is 9.86. The zero-order chi connectivity index (χ0) is 23.1. The number of aromatic nitrogens is 2. The number of piperidine rings is 1. The molecule has 1 unspecified atom stereocenters. The molecule has 4 rings (SSSR count). The Morgan fingerprint density at radius 3 is 2.81 bits per heavy atom. The second-order valence-electron chi connectivity index (χ2n) is 9.44. The first-order valence-corrected chi connectivity index (χ1v) is 12.3. The van der Waals surface area contributed by atoms with Crippen LogP contribution in [0, 0.1) is 0 Å². The molecule has 0 saturated carbocycles. The predicted molar refractivity (Wildman–Crippen MR) is 122 cm³/mol. The number of rotatable bonds is 6. The van der Waals surface area contributed by atoms with Crippen molar-refractivity contribution in [3.8, 4) is 5.75 Å². The van der Waals surface area contributed by atoms with Gasteiger partial charge in [0.2, 0.25) is 5.91 Å². The Kier molecular flexibility index (Phi) is 5.93. The van der Waals surface area contributed by atoms with Gasteiger partial charge >= 0.3 is 10.2 Å². The van der Waals surface area contributed by atoms with Crippen LogP contribution in [-0.2, 0) is 33.9 Å². The molecular weight excluding hydrogens is 430 g/mol. The highest BCUT2D eigenvalue weighted by molar-refractivity contribution is 7.91. The van der Waals surface area contributed by atoms with Gasteiger partial charge in [0.1, 0.15) is 5.75 Å². The molecule has 2 aliphatic heterocycles. The highest BCUT2D eigenvalue weighted by Crippen LogP contribution is 2.38. The number of benzene rings is 1. The minimum Gasteiger partial charge on any atom is -0.492 e. The lowest BCUT2D eigenvalue weighted by Crippen LogP contribution is -2.54. The maximum absolute atomic E-state index is 13.4. The summed E-state index contributed by atoms with van der Waals surface area (Å²) in [6.45, 7) is 6.26. The van der Waals surface area contributed by atoms with Crippen molar-refractivity contribution in [2.24, 2.45) is 7.05 Å². The normalized spacial score (nSPS) is 20.4. The van der Waals surface area contributed by atoms with Crippen LogP contribution in [0.15, 0.2) is 30.6 Å². The Labute approximate surface area is 189 Å². The third-order valence-corrected chi connectivity index (χ3v) is 7.62. The molecule has 9 nitrogen and oxygen atoms in total. The summed E-state index contributed by atoms with van der Waals surface area (Å²) in [5.74, 6) is 0.246. The first-order valence-electron chi connectivity index (χ1n) is 10.8. The smallest absolute Gasteiger partial charge is 0.326 e. The average molecular weight is 462 g/mol. The quantitative estimate of drug-likeness (QED) is 0.702. The zero-order valence-electron chi connectivity index (χ0n) is 19.0. The van der Waals surface area contributed by atoms with E-state index in [1.807, 2.05) is 19.2 Å². The topological polar surface area (TPSA) is 96.8 Å². The summed E-state index contributed by atoms with van der Waals surface area (Å²) < 4.78 is 37.6. The third-order valence-electron chi connectivity index (χ3n) is 6.11. The minimum atomic E-state index is -4.11. The molecule has 0 radical (unpaired) electrons. The van der Waals surface area contributed by atoms with Crippen LogP contribution < -0.4 is 13.8 Å². The maximum Gasteiger partial charge on any atom is 0.326 e. The molecule has 1 aromatic heterocycles. The van der Waals surface area contributed by atoms with E-state index in [1.54, 1.807) is 24.0 Å². The van der Waals surface area contributed by atoms with E-state index in [4.69, 9.17) is 4.74 Å². The molecule has 1 amide bonds. The Morgan fingerprint density at radius 2 is 2.12 bits per heavy atom. The van der Waals surface area contributed by atoms with Gasteiger partial charge in [-0.25, -0.2) is 9.03 Å². The average Bonchev–Trinajstić information content (AvgIpc) is 3.24. The van der Waals surface area contributed by atoms with E-state index in [-0.39, 0.29) is 17.9 Å². The van der Waals surface area contributed by atoms with E-state index in [0.717, 1.165) is 29.8 Å². The molecule has 0 aliphatic carbocycles. The number of amides is 1. The predicted octanol–water partition coefficient (Wildman–Crippen LogP) is 1.59. The fourth-order valence-electron chi connectivity index (χ4n) is 4.49. The fraction of sp³-hybridized carbons (Fsp3) is 0.545. The van der Waals surface area contributed by atoms with Gasteiger partial charge in [0, 0.05) is 30.8 Å². The van der Waals surface area contributed by atoms with Crippen LogP contribution in [0.5, 0.6) is 5.75 Å². The van der Waals surface area contributed by atoms with E-state index >= 15 is 0 Å². The standard InChI is InChI=1S/C22H31N5O4S/c1-22(2)15-31-20-8-7-16(10-19(20)22)11-21(28)24-32(29,30)27(18-12-23-26(4)14-18)17-6-5-9-25(3)13-17/h7-8,10,12,14,17H,5-6,9,11,13,15H2,1-4H3,(H,24,28). The van der Waals surface area contributed by atoms with Crippen molar-refractivity contribution < 1.29 is 17.9 Å². The third kappa shape index (κ3) is 4.61. The van der Waals surface area contributed by atoms with Crippen molar-refractivity contribution in [2.45, 2.75) is 44.6 Å². The SMILES string of the molecule is CN1CCCC(N(c2cnn(C)c2)S(=O)(=O)NC(=O)Cc2ccc3c(c2)C(C)(C)CO3)C1. The first kappa shape index (κ1) is 22.6. The van der Waals surface area contributed by atoms with Gasteiger partial charge in [-0.3, -0.25) is 9.48 Å². The van der Waals surface area contributed by atoms with Crippen molar-refractivity contribution in [3.05, 3.63) is 41.7 Å². The number of nitrogens with one attached hydrogen (secondary N) is 1. The number of carbonyl (C=O) groups is 1. The number of hydrogen-bond donors (Lipinski definition) is 1. The number of anilines is 1. The second kappa shape index (κ2) is 8.40. The lowest BCUT2D eigenvalue weighted by Gasteiger charge is -2.37. The maximum atomic E-state index is 13.4. The lowest BCUT2D eigenvalue weighted by molar-refractivity contribution is -0.118. The minimum absolute atomic E-state index is 0.0337. The molecule has 1 atom stereocenters. The van der Waals surface area contributed by atoms with Crippen LogP contribution in [0.3, 0.4) is 0 Å². The van der Waals surface area contributed by atoms with Crippen LogP contribution >= 0.6 is 0 Å². The highest BCUT2D eigenvalue weighted by atomic mass is 32.2. The molecule has 2 aromatic rings. The molecule has 32 heavy (non-hydrogen) atoms. The summed E-state index contributed by atoms with van der Waals surface area (Å²) in [6, 6.07) is 5.31. The number of likely N-dealkylation sites (tertiary alicyclic amines) is 1. The summed E-state index contributed by atoms with van der Waals surface area (Å²) in [5, 5.41) is 4.13. The molecule has 0 spiro atoms. The van der Waals surface area contributed by atoms with Gasteiger partial charge in [-0.2, -0.15) is 13.5 Å². The van der Waals surface area contributed by atoms with E-state index < -0.39 is 16.1 Å². The Morgan fingerprint density at radius 1 is 1.34 bits per heavy atom. The summed E-state index contributed by atoms with van der Waals surface area (Å²) in [6.07, 6.45) is 4.73. The van der Waals surface area contributed by atoms with E-state index in [1.165, 1.54) is 10.5 Å². The largest absolute Gasteiger partial charge is 0.492 e. The Bertz CT molecular complexity index is 1110. The number of hydrogen-bond acceptors (Lipinski definition) is 6. The van der Waals surface area contributed by atoms with E-state index in [0.29, 0.717) is 25.3 Å². The number of likely N-dealkylation sites (N-methyl/N-ethyl adjacent to an activating group) is 1. The number of nitrogens with zero attached hydrogens (tertiary/aromatic N) is 4. The molecule has 1 fully saturated rings. The van der Waals surface area contributed by atoms with Crippen LogP contribution in [0.2, 0.25) is 0 Å². The molecule has 1 saturated heterocycles. The van der Waals surface area contributed by atoms with Gasteiger partial charge in [-0.15, -0.1) is 0 Å². The van der Waals surface area contributed by atoms with Crippen molar-refractivity contribution >= 4 is 21.8 Å². The fourth-order valence-corrected chi connectivity index (χ4v) is 5.89. The van der Waals surface area contributed by atoms with E-state index in [9.17, 15) is 13.2 Å². The number of ether oxygens (including phenoxy) is 1. The molecule has 1 N–H and O–H groups in total. The summed E-state index contributed by atoms with van der Waals surface area (Å²) >= 11 is 0. The van der Waals surface area contributed by atoms with Crippen LogP contribution in [0.25, 0.3) is 0 Å². The van der Waals surface area contributed by atoms with Gasteiger partial charge in [0.05, 0.1) is 31.0 Å². The molecule has 174 valence electrons. The summed E-state index contributed by atoms with van der Waals surface area (Å²) in [7, 11) is -0.405. The van der Waals surface area contributed by atoms with Crippen molar-refractivity contribution in [1.82, 2.24) is 19.4 Å². The van der Waals surface area contributed by atoms with Gasteiger partial charge in [-0.1, -0.05) is 26.0 Å². The Hall–Kier alpha value is -2.59. The molecule has 0 bridgehead atoms. The van der Waals surface area contributed by atoms with Crippen molar-refractivity contribution in [1.29, 1.82) is 0 Å². The molecule has 3 heterocycles. The van der Waals surface area contributed by atoms with Crippen LogP contribution in [0.4, 0.5) is 5.69 Å².